The Hall–Kier alpha value is -2.74. The normalized spacial score (nSPS) is 10.4. The van der Waals surface area contributed by atoms with Crippen molar-refractivity contribution in [2.45, 2.75) is 6.92 Å². The van der Waals surface area contributed by atoms with Crippen LogP contribution in [0, 0.1) is 6.92 Å². The minimum atomic E-state index is -0.224. The average molecular weight is 416 g/mol. The smallest absolute Gasteiger partial charge is 0.273 e. The van der Waals surface area contributed by atoms with Crippen LogP contribution < -0.4 is 10.6 Å². The number of hydrogen-bond acceptors (Lipinski definition) is 5. The summed E-state index contributed by atoms with van der Waals surface area (Å²) in [5, 5.41) is 14.2. The summed E-state index contributed by atoms with van der Waals surface area (Å²) >= 11 is 0. The molecule has 0 spiro atoms. The van der Waals surface area contributed by atoms with E-state index in [9.17, 15) is 4.79 Å². The summed E-state index contributed by atoms with van der Waals surface area (Å²) < 4.78 is 6.64. The Morgan fingerprint density at radius 2 is 1.69 bits per heavy atom. The number of ether oxygens (including phenoxy) is 1. The fourth-order valence-electron chi connectivity index (χ4n) is 2.86. The van der Waals surface area contributed by atoms with Crippen molar-refractivity contribution in [3.8, 4) is 16.8 Å². The van der Waals surface area contributed by atoms with Gasteiger partial charge in [-0.2, -0.15) is 0 Å². The molecule has 0 bridgehead atoms. The van der Waals surface area contributed by atoms with E-state index < -0.39 is 0 Å². The van der Waals surface area contributed by atoms with Gasteiger partial charge in [0.15, 0.2) is 5.69 Å². The highest BCUT2D eigenvalue weighted by atomic mass is 35.5. The number of methoxy groups -OCH3 is 1. The molecule has 0 radical (unpaired) electrons. The number of hydrogen-bond donors (Lipinski definition) is 2. The Morgan fingerprint density at radius 1 is 1.00 bits per heavy atom. The lowest BCUT2D eigenvalue weighted by atomic mass is 10.1. The molecular formula is C21H26ClN5O2. The van der Waals surface area contributed by atoms with Crippen LogP contribution in [0.3, 0.4) is 0 Å². The Kier molecular flexibility index (Phi) is 8.79. The molecule has 1 aromatic heterocycles. The molecule has 3 aromatic rings. The molecule has 0 saturated carbocycles. The maximum Gasteiger partial charge on any atom is 0.273 e. The molecule has 154 valence electrons. The van der Waals surface area contributed by atoms with Crippen LogP contribution in [0.25, 0.3) is 16.8 Å². The molecule has 0 atom stereocenters. The SMILES string of the molecule is COCCNCCNC(=O)c1nnn(-c2ccc(-c3ccccc3)cc2)c1C.Cl. The third-order valence-corrected chi connectivity index (χ3v) is 4.40. The van der Waals surface area contributed by atoms with Crippen LogP contribution in [0.15, 0.2) is 54.6 Å². The second-order valence-electron chi connectivity index (χ2n) is 6.35. The van der Waals surface area contributed by atoms with Crippen LogP contribution in [0.4, 0.5) is 0 Å². The topological polar surface area (TPSA) is 81.1 Å². The number of carbonyl (C=O) groups is 1. The molecule has 3 rings (SSSR count). The predicted octanol–water partition coefficient (Wildman–Crippen LogP) is 2.63. The number of nitrogens with zero attached hydrogens (tertiary/aromatic N) is 3. The molecule has 0 fully saturated rings. The standard InChI is InChI=1S/C21H25N5O2.ClH/c1-16-20(21(27)23-13-12-22-14-15-28-2)24-25-26(16)19-10-8-18(9-11-19)17-6-4-3-5-7-17;/h3-11,22H,12-15H2,1-2H3,(H,23,27);1H. The fourth-order valence-corrected chi connectivity index (χ4v) is 2.86. The number of halogens is 1. The molecule has 0 aliphatic heterocycles. The molecular weight excluding hydrogens is 390 g/mol. The Balaban J connectivity index is 0.00000300. The first-order valence-electron chi connectivity index (χ1n) is 9.26. The van der Waals surface area contributed by atoms with E-state index in [1.807, 2.05) is 49.4 Å². The van der Waals surface area contributed by atoms with Gasteiger partial charge in [-0.25, -0.2) is 4.68 Å². The first-order valence-corrected chi connectivity index (χ1v) is 9.26. The molecule has 8 heteroatoms. The van der Waals surface area contributed by atoms with Crippen LogP contribution in [-0.4, -0.2) is 54.3 Å². The van der Waals surface area contributed by atoms with Gasteiger partial charge in [-0.3, -0.25) is 4.79 Å². The van der Waals surface area contributed by atoms with E-state index in [4.69, 9.17) is 4.74 Å². The molecule has 0 saturated heterocycles. The minimum Gasteiger partial charge on any atom is -0.383 e. The van der Waals surface area contributed by atoms with Crippen LogP contribution in [0.5, 0.6) is 0 Å². The zero-order valence-electron chi connectivity index (χ0n) is 16.6. The largest absolute Gasteiger partial charge is 0.383 e. The maximum absolute atomic E-state index is 12.4. The van der Waals surface area contributed by atoms with Gasteiger partial charge in [-0.15, -0.1) is 17.5 Å². The van der Waals surface area contributed by atoms with Crippen LogP contribution in [0.1, 0.15) is 16.2 Å². The molecule has 2 aromatic carbocycles. The molecule has 1 heterocycles. The fraction of sp³-hybridized carbons (Fsp3) is 0.286. The van der Waals surface area contributed by atoms with Crippen molar-refractivity contribution >= 4 is 18.3 Å². The first-order chi connectivity index (χ1) is 13.7. The van der Waals surface area contributed by atoms with Crippen molar-refractivity contribution in [2.75, 3.05) is 33.4 Å². The summed E-state index contributed by atoms with van der Waals surface area (Å²) in [5.74, 6) is -0.224. The lowest BCUT2D eigenvalue weighted by molar-refractivity contribution is 0.0948. The zero-order chi connectivity index (χ0) is 19.8. The first kappa shape index (κ1) is 22.5. The van der Waals surface area contributed by atoms with Gasteiger partial charge >= 0.3 is 0 Å². The molecule has 0 aliphatic carbocycles. The van der Waals surface area contributed by atoms with Gasteiger partial charge in [0.25, 0.3) is 5.91 Å². The van der Waals surface area contributed by atoms with E-state index in [0.717, 1.165) is 23.4 Å². The maximum atomic E-state index is 12.4. The second kappa shape index (κ2) is 11.3. The Morgan fingerprint density at radius 3 is 2.38 bits per heavy atom. The van der Waals surface area contributed by atoms with Gasteiger partial charge in [0.2, 0.25) is 0 Å². The van der Waals surface area contributed by atoms with Crippen molar-refractivity contribution in [3.63, 3.8) is 0 Å². The number of rotatable bonds is 9. The van der Waals surface area contributed by atoms with Crippen molar-refractivity contribution in [1.82, 2.24) is 25.6 Å². The van der Waals surface area contributed by atoms with E-state index in [1.165, 1.54) is 0 Å². The van der Waals surface area contributed by atoms with Gasteiger partial charge in [0.05, 0.1) is 18.0 Å². The van der Waals surface area contributed by atoms with E-state index in [2.05, 4.69) is 33.1 Å². The zero-order valence-corrected chi connectivity index (χ0v) is 17.4. The molecule has 0 aliphatic rings. The van der Waals surface area contributed by atoms with Crippen molar-refractivity contribution in [1.29, 1.82) is 0 Å². The molecule has 1 amide bonds. The quantitative estimate of drug-likeness (QED) is 0.525. The van der Waals surface area contributed by atoms with E-state index in [1.54, 1.807) is 11.8 Å². The third kappa shape index (κ3) is 5.87. The van der Waals surface area contributed by atoms with Gasteiger partial charge in [0, 0.05) is 26.7 Å². The number of nitrogens with one attached hydrogen (secondary N) is 2. The van der Waals surface area contributed by atoms with Gasteiger partial charge in [0.1, 0.15) is 0 Å². The van der Waals surface area contributed by atoms with Crippen molar-refractivity contribution in [3.05, 3.63) is 66.0 Å². The van der Waals surface area contributed by atoms with E-state index >= 15 is 0 Å². The van der Waals surface area contributed by atoms with Crippen LogP contribution in [0.2, 0.25) is 0 Å². The highest BCUT2D eigenvalue weighted by molar-refractivity contribution is 5.93. The summed E-state index contributed by atoms with van der Waals surface area (Å²) in [7, 11) is 1.66. The molecule has 29 heavy (non-hydrogen) atoms. The number of carbonyl (C=O) groups excluding carboxylic acids is 1. The van der Waals surface area contributed by atoms with E-state index in [-0.39, 0.29) is 18.3 Å². The predicted molar refractivity (Wildman–Crippen MR) is 116 cm³/mol. The van der Waals surface area contributed by atoms with Crippen LogP contribution >= 0.6 is 12.4 Å². The summed E-state index contributed by atoms with van der Waals surface area (Å²) in [6.07, 6.45) is 0. The van der Waals surface area contributed by atoms with Crippen molar-refractivity contribution in [2.24, 2.45) is 0 Å². The third-order valence-electron chi connectivity index (χ3n) is 4.40. The second-order valence-corrected chi connectivity index (χ2v) is 6.35. The highest BCUT2D eigenvalue weighted by Gasteiger charge is 2.16. The average Bonchev–Trinajstić information content (AvgIpc) is 3.12. The molecule has 2 N–H and O–H groups in total. The summed E-state index contributed by atoms with van der Waals surface area (Å²) in [6, 6.07) is 18.2. The van der Waals surface area contributed by atoms with Gasteiger partial charge in [-0.1, -0.05) is 47.7 Å². The van der Waals surface area contributed by atoms with Crippen LogP contribution in [-0.2, 0) is 4.74 Å². The van der Waals surface area contributed by atoms with Gasteiger partial charge in [-0.05, 0) is 30.2 Å². The van der Waals surface area contributed by atoms with E-state index in [0.29, 0.717) is 31.1 Å². The molecule has 7 nitrogen and oxygen atoms in total. The lowest BCUT2D eigenvalue weighted by Crippen LogP contribution is -2.33. The van der Waals surface area contributed by atoms with Gasteiger partial charge < -0.3 is 15.4 Å². The Labute approximate surface area is 176 Å². The number of benzene rings is 2. The number of aromatic nitrogens is 3. The van der Waals surface area contributed by atoms with Crippen molar-refractivity contribution < 1.29 is 9.53 Å². The monoisotopic (exact) mass is 415 g/mol. The summed E-state index contributed by atoms with van der Waals surface area (Å²) in [6.45, 7) is 4.42. The minimum absolute atomic E-state index is 0. The molecule has 0 unspecified atom stereocenters. The lowest BCUT2D eigenvalue weighted by Gasteiger charge is -2.07. The summed E-state index contributed by atoms with van der Waals surface area (Å²) in [5.41, 5.74) is 4.19. The number of amides is 1. The summed E-state index contributed by atoms with van der Waals surface area (Å²) in [4.78, 5) is 12.4. The Bertz CT molecular complexity index is 897. The highest BCUT2D eigenvalue weighted by Crippen LogP contribution is 2.21.